The van der Waals surface area contributed by atoms with Crippen molar-refractivity contribution in [1.29, 1.82) is 0 Å². The summed E-state index contributed by atoms with van der Waals surface area (Å²) >= 11 is 3.21. The summed E-state index contributed by atoms with van der Waals surface area (Å²) in [5, 5.41) is 9.94. The fraction of sp³-hybridized carbons (Fsp3) is 0.444. The van der Waals surface area contributed by atoms with Gasteiger partial charge in [-0.05, 0) is 37.7 Å². The highest BCUT2D eigenvalue weighted by atomic mass is 32.2. The SMILES string of the molecule is C=CCn1c(C)nnc1SCc1nc2sc3c(c2c(=O)[nH]1)CC[C@@H](C)C3. The number of fused-ring (bicyclic) bond motifs is 3. The van der Waals surface area contributed by atoms with Gasteiger partial charge >= 0.3 is 0 Å². The molecular formula is C18H21N5OS2. The highest BCUT2D eigenvalue weighted by Crippen LogP contribution is 2.35. The van der Waals surface area contributed by atoms with E-state index in [0.717, 1.165) is 40.5 Å². The van der Waals surface area contributed by atoms with Gasteiger partial charge in [-0.2, -0.15) is 0 Å². The molecule has 26 heavy (non-hydrogen) atoms. The molecule has 3 aromatic rings. The summed E-state index contributed by atoms with van der Waals surface area (Å²) in [5.41, 5.74) is 1.21. The van der Waals surface area contributed by atoms with Crippen molar-refractivity contribution in [3.8, 4) is 0 Å². The molecule has 0 saturated carbocycles. The highest BCUT2D eigenvalue weighted by Gasteiger charge is 2.23. The van der Waals surface area contributed by atoms with Crippen LogP contribution in [0.2, 0.25) is 0 Å². The Labute approximate surface area is 159 Å². The summed E-state index contributed by atoms with van der Waals surface area (Å²) in [6.45, 7) is 8.63. The lowest BCUT2D eigenvalue weighted by Crippen LogP contribution is -2.14. The van der Waals surface area contributed by atoms with Crippen molar-refractivity contribution in [3.63, 3.8) is 0 Å². The zero-order valence-electron chi connectivity index (χ0n) is 14.9. The second-order valence-corrected chi connectivity index (χ2v) is 8.79. The molecule has 4 rings (SSSR count). The first-order chi connectivity index (χ1) is 12.6. The number of hydrogen-bond donors (Lipinski definition) is 1. The molecule has 1 aliphatic rings. The molecule has 0 aliphatic heterocycles. The molecule has 0 bridgehead atoms. The summed E-state index contributed by atoms with van der Waals surface area (Å²) in [6, 6.07) is 0. The van der Waals surface area contributed by atoms with Gasteiger partial charge in [-0.3, -0.25) is 4.79 Å². The Hall–Kier alpha value is -1.93. The number of nitrogens with zero attached hydrogens (tertiary/aromatic N) is 4. The van der Waals surface area contributed by atoms with E-state index in [0.29, 0.717) is 24.0 Å². The van der Waals surface area contributed by atoms with Crippen molar-refractivity contribution in [2.75, 3.05) is 0 Å². The highest BCUT2D eigenvalue weighted by molar-refractivity contribution is 7.98. The Bertz CT molecular complexity index is 1030. The molecule has 136 valence electrons. The maximum atomic E-state index is 12.7. The predicted octanol–water partition coefficient (Wildman–Crippen LogP) is 3.49. The van der Waals surface area contributed by atoms with Crippen molar-refractivity contribution < 1.29 is 0 Å². The van der Waals surface area contributed by atoms with Crippen molar-refractivity contribution in [2.45, 2.75) is 50.6 Å². The number of rotatable bonds is 5. The van der Waals surface area contributed by atoms with Crippen LogP contribution >= 0.6 is 23.1 Å². The normalized spacial score (nSPS) is 16.8. The largest absolute Gasteiger partial charge is 0.309 e. The molecule has 0 fully saturated rings. The maximum absolute atomic E-state index is 12.7. The van der Waals surface area contributed by atoms with Crippen LogP contribution in [0, 0.1) is 12.8 Å². The van der Waals surface area contributed by atoms with E-state index in [2.05, 4.69) is 28.7 Å². The van der Waals surface area contributed by atoms with Crippen molar-refractivity contribution in [2.24, 2.45) is 5.92 Å². The topological polar surface area (TPSA) is 76.5 Å². The Balaban J connectivity index is 1.62. The van der Waals surface area contributed by atoms with Gasteiger partial charge in [0.15, 0.2) is 5.16 Å². The smallest absolute Gasteiger partial charge is 0.259 e. The van der Waals surface area contributed by atoms with Gasteiger partial charge in [-0.1, -0.05) is 24.8 Å². The number of thiophene rings is 1. The number of H-pyrrole nitrogens is 1. The molecule has 6 nitrogen and oxygen atoms in total. The third-order valence-electron chi connectivity index (χ3n) is 4.77. The number of thioether (sulfide) groups is 1. The van der Waals surface area contributed by atoms with E-state index in [1.54, 1.807) is 11.3 Å². The van der Waals surface area contributed by atoms with Crippen LogP contribution in [-0.4, -0.2) is 24.7 Å². The lowest BCUT2D eigenvalue weighted by molar-refractivity contribution is 0.509. The Morgan fingerprint density at radius 1 is 1.46 bits per heavy atom. The van der Waals surface area contributed by atoms with Gasteiger partial charge < -0.3 is 9.55 Å². The maximum Gasteiger partial charge on any atom is 0.259 e. The Kier molecular flexibility index (Phi) is 4.71. The summed E-state index contributed by atoms with van der Waals surface area (Å²) in [6.07, 6.45) is 5.01. The molecule has 0 aromatic carbocycles. The number of aryl methyl sites for hydroxylation is 2. The first kappa shape index (κ1) is 17.5. The first-order valence-corrected chi connectivity index (χ1v) is 10.5. The Morgan fingerprint density at radius 2 is 2.31 bits per heavy atom. The molecule has 0 radical (unpaired) electrons. The third kappa shape index (κ3) is 3.12. The third-order valence-corrected chi connectivity index (χ3v) is 6.89. The molecule has 3 aromatic heterocycles. The molecule has 8 heteroatoms. The van der Waals surface area contributed by atoms with Gasteiger partial charge in [0.1, 0.15) is 16.5 Å². The summed E-state index contributed by atoms with van der Waals surface area (Å²) < 4.78 is 2.00. The van der Waals surface area contributed by atoms with Crippen molar-refractivity contribution >= 4 is 33.3 Å². The van der Waals surface area contributed by atoms with E-state index in [4.69, 9.17) is 4.98 Å². The quantitative estimate of drug-likeness (QED) is 0.536. The summed E-state index contributed by atoms with van der Waals surface area (Å²) in [4.78, 5) is 22.6. The molecule has 0 saturated heterocycles. The average molecular weight is 388 g/mol. The van der Waals surface area contributed by atoms with Gasteiger partial charge in [-0.25, -0.2) is 4.98 Å². The van der Waals surface area contributed by atoms with E-state index in [-0.39, 0.29) is 5.56 Å². The van der Waals surface area contributed by atoms with Gasteiger partial charge in [0, 0.05) is 11.4 Å². The molecular weight excluding hydrogens is 366 g/mol. The van der Waals surface area contributed by atoms with Crippen LogP contribution < -0.4 is 5.56 Å². The van der Waals surface area contributed by atoms with E-state index in [1.807, 2.05) is 17.6 Å². The van der Waals surface area contributed by atoms with E-state index in [9.17, 15) is 4.79 Å². The van der Waals surface area contributed by atoms with Gasteiger partial charge in [0.2, 0.25) is 0 Å². The molecule has 0 unspecified atom stereocenters. The van der Waals surface area contributed by atoms with Gasteiger partial charge in [-0.15, -0.1) is 28.1 Å². The second kappa shape index (κ2) is 7.00. The fourth-order valence-electron chi connectivity index (χ4n) is 3.40. The molecule has 1 atom stereocenters. The number of aromatic amines is 1. The summed E-state index contributed by atoms with van der Waals surface area (Å²) in [7, 11) is 0. The van der Waals surface area contributed by atoms with Crippen molar-refractivity contribution in [1.82, 2.24) is 24.7 Å². The lowest BCUT2D eigenvalue weighted by atomic mass is 9.89. The second-order valence-electron chi connectivity index (χ2n) is 6.76. The van der Waals surface area contributed by atoms with Crippen LogP contribution in [-0.2, 0) is 25.1 Å². The van der Waals surface area contributed by atoms with Crippen LogP contribution in [0.3, 0.4) is 0 Å². The monoisotopic (exact) mass is 387 g/mol. The fourth-order valence-corrected chi connectivity index (χ4v) is 5.67. The van der Waals surface area contributed by atoms with Crippen LogP contribution in [0.5, 0.6) is 0 Å². The van der Waals surface area contributed by atoms with Crippen LogP contribution in [0.4, 0.5) is 0 Å². The number of hydrogen-bond acceptors (Lipinski definition) is 6. The minimum atomic E-state index is -0.0126. The van der Waals surface area contributed by atoms with Crippen LogP contribution in [0.15, 0.2) is 22.6 Å². The zero-order chi connectivity index (χ0) is 18.3. The molecule has 0 spiro atoms. The van der Waals surface area contributed by atoms with Gasteiger partial charge in [0.05, 0.1) is 11.1 Å². The minimum Gasteiger partial charge on any atom is -0.309 e. The number of aromatic nitrogens is 5. The van der Waals surface area contributed by atoms with Crippen LogP contribution in [0.1, 0.15) is 35.4 Å². The van der Waals surface area contributed by atoms with Crippen molar-refractivity contribution in [3.05, 3.63) is 45.1 Å². The summed E-state index contributed by atoms with van der Waals surface area (Å²) in [5.74, 6) is 2.78. The first-order valence-electron chi connectivity index (χ1n) is 8.73. The average Bonchev–Trinajstić information content (AvgIpc) is 3.14. The van der Waals surface area contributed by atoms with Crippen LogP contribution in [0.25, 0.3) is 10.2 Å². The standard InChI is InChI=1S/C18H21N5OS2/c1-4-7-23-11(3)21-22-18(23)25-9-14-19-16(24)15-12-6-5-10(2)8-13(12)26-17(15)20-14/h4,10H,1,5-9H2,2-3H3,(H,19,20,24)/t10-/m1/s1. The van der Waals surface area contributed by atoms with E-state index < -0.39 is 0 Å². The lowest BCUT2D eigenvalue weighted by Gasteiger charge is -2.17. The molecule has 0 amide bonds. The van der Waals surface area contributed by atoms with Gasteiger partial charge in [0.25, 0.3) is 5.56 Å². The number of nitrogens with one attached hydrogen (secondary N) is 1. The van der Waals surface area contributed by atoms with E-state index >= 15 is 0 Å². The molecule has 3 heterocycles. The van der Waals surface area contributed by atoms with E-state index in [1.165, 1.54) is 22.2 Å². The Morgan fingerprint density at radius 3 is 3.12 bits per heavy atom. The zero-order valence-corrected chi connectivity index (χ0v) is 16.5. The number of allylic oxidation sites excluding steroid dienone is 1. The minimum absolute atomic E-state index is 0.0126. The molecule has 1 N–H and O–H groups in total. The predicted molar refractivity (Wildman–Crippen MR) is 106 cm³/mol. The molecule has 1 aliphatic carbocycles.